The van der Waals surface area contributed by atoms with E-state index in [1.165, 1.54) is 0 Å². The largest absolute Gasteiger partial charge is 0.493 e. The number of benzene rings is 1. The molecule has 2 aromatic heterocycles. The Labute approximate surface area is 200 Å². The Kier molecular flexibility index (Phi) is 9.70. The maximum Gasteiger partial charge on any atom is 0.203 e. The number of nitrogens with zero attached hydrogens (tertiary/aromatic N) is 3. The molecule has 0 bridgehead atoms. The second kappa shape index (κ2) is 12.2. The van der Waals surface area contributed by atoms with Crippen molar-refractivity contribution in [1.29, 1.82) is 0 Å². The maximum atomic E-state index is 5.42. The third kappa shape index (κ3) is 6.39. The van der Waals surface area contributed by atoms with Gasteiger partial charge in [-0.2, -0.15) is 0 Å². The molecule has 2 N–H and O–H groups in total. The summed E-state index contributed by atoms with van der Waals surface area (Å²) in [5.41, 5.74) is 2.95. The number of aromatic nitrogens is 2. The minimum absolute atomic E-state index is 0. The molecule has 8 nitrogen and oxygen atoms in total. The number of guanidine groups is 1. The van der Waals surface area contributed by atoms with E-state index in [4.69, 9.17) is 14.2 Å². The lowest BCUT2D eigenvalue weighted by molar-refractivity contribution is 0.324. The molecule has 9 heteroatoms. The zero-order valence-electron chi connectivity index (χ0n) is 18.3. The summed E-state index contributed by atoms with van der Waals surface area (Å²) in [5, 5.41) is 6.64. The zero-order chi connectivity index (χ0) is 21.3. The van der Waals surface area contributed by atoms with Gasteiger partial charge in [-0.15, -0.1) is 24.0 Å². The average molecular weight is 539 g/mol. The number of hydrogen-bond donors (Lipinski definition) is 2. The van der Waals surface area contributed by atoms with Crippen molar-refractivity contribution in [3.05, 3.63) is 54.0 Å². The summed E-state index contributed by atoms with van der Waals surface area (Å²) in [7, 11) is 4.80. The van der Waals surface area contributed by atoms with Crippen molar-refractivity contribution in [2.45, 2.75) is 19.9 Å². The highest BCUT2D eigenvalue weighted by atomic mass is 127. The minimum Gasteiger partial charge on any atom is -0.493 e. The molecule has 0 unspecified atom stereocenters. The van der Waals surface area contributed by atoms with Gasteiger partial charge in [0, 0.05) is 31.9 Å². The number of ether oxygens (including phenoxy) is 3. The third-order valence-corrected chi connectivity index (χ3v) is 4.58. The van der Waals surface area contributed by atoms with E-state index in [1.807, 2.05) is 47.9 Å². The first kappa shape index (κ1) is 24.6. The zero-order valence-corrected chi connectivity index (χ0v) is 20.7. The molecule has 31 heavy (non-hydrogen) atoms. The van der Waals surface area contributed by atoms with Crippen LogP contribution in [-0.4, -0.2) is 49.8 Å². The highest BCUT2D eigenvalue weighted by Crippen LogP contribution is 2.38. The molecule has 0 saturated carbocycles. The first-order valence-electron chi connectivity index (χ1n) is 9.92. The van der Waals surface area contributed by atoms with Gasteiger partial charge in [0.25, 0.3) is 0 Å². The SMILES string of the molecule is CCNC(=NCc1cc(OC)c(OC)c(OC)c1)NCCc1cn2ccccc2n1.I. The van der Waals surface area contributed by atoms with E-state index in [1.54, 1.807) is 21.3 Å². The van der Waals surface area contributed by atoms with Crippen LogP contribution >= 0.6 is 24.0 Å². The highest BCUT2D eigenvalue weighted by Gasteiger charge is 2.13. The number of nitrogens with one attached hydrogen (secondary N) is 2. The summed E-state index contributed by atoms with van der Waals surface area (Å²) >= 11 is 0. The van der Waals surface area contributed by atoms with Gasteiger partial charge in [0.05, 0.1) is 33.6 Å². The van der Waals surface area contributed by atoms with Gasteiger partial charge in [-0.1, -0.05) is 6.07 Å². The van der Waals surface area contributed by atoms with Crippen molar-refractivity contribution >= 4 is 35.6 Å². The fraction of sp³-hybridized carbons (Fsp3) is 0.364. The Morgan fingerprint density at radius 1 is 1.06 bits per heavy atom. The molecule has 0 fully saturated rings. The normalized spacial score (nSPS) is 11.0. The Bertz CT molecular complexity index is 948. The average Bonchev–Trinajstić information content (AvgIpc) is 3.19. The van der Waals surface area contributed by atoms with E-state index in [0.29, 0.717) is 23.8 Å². The lowest BCUT2D eigenvalue weighted by Gasteiger charge is -2.14. The van der Waals surface area contributed by atoms with Crippen LogP contribution in [0.1, 0.15) is 18.2 Å². The molecule has 0 spiro atoms. The number of methoxy groups -OCH3 is 3. The molecule has 168 valence electrons. The second-order valence-electron chi connectivity index (χ2n) is 6.60. The Balaban J connectivity index is 0.00000341. The van der Waals surface area contributed by atoms with E-state index in [0.717, 1.165) is 42.4 Å². The molecule has 3 rings (SSSR count). The summed E-state index contributed by atoms with van der Waals surface area (Å²) in [6, 6.07) is 9.80. The summed E-state index contributed by atoms with van der Waals surface area (Å²) in [5.74, 6) is 2.55. The monoisotopic (exact) mass is 539 g/mol. The fourth-order valence-electron chi connectivity index (χ4n) is 3.16. The number of fused-ring (bicyclic) bond motifs is 1. The van der Waals surface area contributed by atoms with Gasteiger partial charge in [0.2, 0.25) is 5.75 Å². The van der Waals surface area contributed by atoms with Crippen LogP contribution < -0.4 is 24.8 Å². The summed E-state index contributed by atoms with van der Waals surface area (Å²) in [6.45, 7) is 4.01. The van der Waals surface area contributed by atoms with E-state index in [9.17, 15) is 0 Å². The lowest BCUT2D eigenvalue weighted by atomic mass is 10.2. The smallest absolute Gasteiger partial charge is 0.203 e. The first-order valence-corrected chi connectivity index (χ1v) is 9.92. The Morgan fingerprint density at radius 2 is 1.81 bits per heavy atom. The van der Waals surface area contributed by atoms with Gasteiger partial charge in [-0.25, -0.2) is 9.98 Å². The van der Waals surface area contributed by atoms with Crippen molar-refractivity contribution < 1.29 is 14.2 Å². The van der Waals surface area contributed by atoms with Crippen molar-refractivity contribution in [3.63, 3.8) is 0 Å². The molecule has 2 heterocycles. The van der Waals surface area contributed by atoms with Crippen LogP contribution in [-0.2, 0) is 13.0 Å². The van der Waals surface area contributed by atoms with Gasteiger partial charge >= 0.3 is 0 Å². The molecule has 0 radical (unpaired) electrons. The number of aliphatic imine (C=N–C) groups is 1. The van der Waals surface area contributed by atoms with Crippen molar-refractivity contribution in [2.75, 3.05) is 34.4 Å². The molecule has 0 atom stereocenters. The third-order valence-electron chi connectivity index (χ3n) is 4.58. The summed E-state index contributed by atoms with van der Waals surface area (Å²) in [4.78, 5) is 9.31. The molecule has 0 amide bonds. The number of hydrogen-bond acceptors (Lipinski definition) is 5. The van der Waals surface area contributed by atoms with Crippen LogP contribution in [0.5, 0.6) is 17.2 Å². The molecule has 0 aliphatic rings. The second-order valence-corrected chi connectivity index (χ2v) is 6.60. The van der Waals surface area contributed by atoms with E-state index < -0.39 is 0 Å². The lowest BCUT2D eigenvalue weighted by Crippen LogP contribution is -2.38. The number of pyridine rings is 1. The number of rotatable bonds is 9. The van der Waals surface area contributed by atoms with Crippen molar-refractivity contribution in [1.82, 2.24) is 20.0 Å². The summed E-state index contributed by atoms with van der Waals surface area (Å²) < 4.78 is 18.2. The molecule has 3 aromatic rings. The van der Waals surface area contributed by atoms with Crippen LogP contribution in [0.15, 0.2) is 47.7 Å². The van der Waals surface area contributed by atoms with Crippen LogP contribution in [0, 0.1) is 0 Å². The van der Waals surface area contributed by atoms with E-state index in [-0.39, 0.29) is 24.0 Å². The van der Waals surface area contributed by atoms with Crippen LogP contribution in [0.25, 0.3) is 5.65 Å². The van der Waals surface area contributed by atoms with Gasteiger partial charge in [-0.3, -0.25) is 0 Å². The molecule has 1 aromatic carbocycles. The first-order chi connectivity index (χ1) is 14.7. The van der Waals surface area contributed by atoms with Crippen molar-refractivity contribution in [2.24, 2.45) is 4.99 Å². The highest BCUT2D eigenvalue weighted by molar-refractivity contribution is 14.0. The van der Waals surface area contributed by atoms with Gasteiger partial charge < -0.3 is 29.2 Å². The van der Waals surface area contributed by atoms with E-state index >= 15 is 0 Å². The Hall–Kier alpha value is -2.69. The number of imidazole rings is 1. The minimum atomic E-state index is 0. The molecular formula is C22H30IN5O3. The number of halogens is 1. The maximum absolute atomic E-state index is 5.42. The topological polar surface area (TPSA) is 81.4 Å². The van der Waals surface area contributed by atoms with Gasteiger partial charge in [0.15, 0.2) is 17.5 Å². The molecular weight excluding hydrogens is 509 g/mol. The van der Waals surface area contributed by atoms with Crippen molar-refractivity contribution in [3.8, 4) is 17.2 Å². The molecule has 0 aliphatic heterocycles. The standard InChI is InChI=1S/C22H29N5O3.HI/c1-5-23-22(24-10-9-17-15-27-11-7-6-8-20(27)26-17)25-14-16-12-18(28-2)21(30-4)19(13-16)29-3;/h6-8,11-13,15H,5,9-10,14H2,1-4H3,(H2,23,24,25);1H. The predicted octanol–water partition coefficient (Wildman–Crippen LogP) is 3.28. The Morgan fingerprint density at radius 3 is 2.42 bits per heavy atom. The van der Waals surface area contributed by atoms with Crippen LogP contribution in [0.2, 0.25) is 0 Å². The van der Waals surface area contributed by atoms with Gasteiger partial charge in [-0.05, 0) is 36.8 Å². The summed E-state index contributed by atoms with van der Waals surface area (Å²) in [6.07, 6.45) is 4.86. The fourth-order valence-corrected chi connectivity index (χ4v) is 3.16. The molecule has 0 saturated heterocycles. The molecule has 0 aliphatic carbocycles. The van der Waals surface area contributed by atoms with Gasteiger partial charge in [0.1, 0.15) is 5.65 Å². The van der Waals surface area contributed by atoms with E-state index in [2.05, 4.69) is 26.8 Å². The van der Waals surface area contributed by atoms with Crippen LogP contribution in [0.3, 0.4) is 0 Å². The quantitative estimate of drug-likeness (QED) is 0.247. The van der Waals surface area contributed by atoms with Crippen LogP contribution in [0.4, 0.5) is 0 Å². The predicted molar refractivity (Wildman–Crippen MR) is 133 cm³/mol.